The van der Waals surface area contributed by atoms with Gasteiger partial charge >= 0.3 is 0 Å². The summed E-state index contributed by atoms with van der Waals surface area (Å²) in [5.41, 5.74) is 0. The van der Waals surface area contributed by atoms with E-state index in [0.29, 0.717) is 12.6 Å². The van der Waals surface area contributed by atoms with E-state index in [1.165, 1.54) is 0 Å². The standard InChI is InChI=1S/C16H22N2O3/c1-2-6-18-11-12(9-15-14(18)5-8-21-15)16(19)17-10-13-4-3-7-20-13/h2-4,7,12,14-15H,1,5-6,8-11H2,(H,17,19)/t12-,14+,15+/m0/s1. The van der Waals surface area contributed by atoms with Gasteiger partial charge in [-0.3, -0.25) is 9.69 Å². The van der Waals surface area contributed by atoms with Gasteiger partial charge in [-0.25, -0.2) is 0 Å². The molecule has 3 atom stereocenters. The SMILES string of the molecule is C=CCN1C[C@@H](C(=O)NCc2ccco2)C[C@H]2OCC[C@H]21. The number of rotatable bonds is 5. The van der Waals surface area contributed by atoms with E-state index >= 15 is 0 Å². The third-order valence-corrected chi connectivity index (χ3v) is 4.37. The van der Waals surface area contributed by atoms with Gasteiger partial charge in [0.25, 0.3) is 0 Å². The Kier molecular flexibility index (Phi) is 4.41. The van der Waals surface area contributed by atoms with Crippen molar-refractivity contribution in [1.82, 2.24) is 10.2 Å². The van der Waals surface area contributed by atoms with Crippen LogP contribution >= 0.6 is 0 Å². The van der Waals surface area contributed by atoms with Crippen molar-refractivity contribution in [2.75, 3.05) is 19.7 Å². The Morgan fingerprint density at radius 1 is 1.57 bits per heavy atom. The highest BCUT2D eigenvalue weighted by Gasteiger charge is 2.41. The number of nitrogens with zero attached hydrogens (tertiary/aromatic N) is 1. The number of furan rings is 1. The van der Waals surface area contributed by atoms with Crippen LogP contribution in [0.4, 0.5) is 0 Å². The maximum atomic E-state index is 12.4. The summed E-state index contributed by atoms with van der Waals surface area (Å²) in [7, 11) is 0. The molecule has 5 nitrogen and oxygen atoms in total. The molecule has 1 aromatic rings. The molecule has 0 unspecified atom stereocenters. The molecule has 0 spiro atoms. The zero-order chi connectivity index (χ0) is 14.7. The number of hydrogen-bond donors (Lipinski definition) is 1. The summed E-state index contributed by atoms with van der Waals surface area (Å²) in [5, 5.41) is 2.96. The highest BCUT2D eigenvalue weighted by Crippen LogP contribution is 2.31. The van der Waals surface area contributed by atoms with Crippen molar-refractivity contribution in [3.8, 4) is 0 Å². The maximum Gasteiger partial charge on any atom is 0.224 e. The lowest BCUT2D eigenvalue weighted by molar-refractivity contribution is -0.129. The zero-order valence-corrected chi connectivity index (χ0v) is 12.2. The van der Waals surface area contributed by atoms with E-state index < -0.39 is 0 Å². The van der Waals surface area contributed by atoms with E-state index in [1.807, 2.05) is 18.2 Å². The lowest BCUT2D eigenvalue weighted by Crippen LogP contribution is -2.52. The van der Waals surface area contributed by atoms with E-state index in [2.05, 4.69) is 16.8 Å². The summed E-state index contributed by atoms with van der Waals surface area (Å²) in [6.45, 7) is 6.64. The number of fused-ring (bicyclic) bond motifs is 1. The molecule has 1 amide bonds. The van der Waals surface area contributed by atoms with Crippen molar-refractivity contribution in [2.24, 2.45) is 5.92 Å². The molecule has 1 aromatic heterocycles. The molecular weight excluding hydrogens is 268 g/mol. The van der Waals surface area contributed by atoms with Gasteiger partial charge in [0.2, 0.25) is 5.91 Å². The number of amides is 1. The van der Waals surface area contributed by atoms with Crippen molar-refractivity contribution in [1.29, 1.82) is 0 Å². The van der Waals surface area contributed by atoms with Crippen molar-refractivity contribution in [2.45, 2.75) is 31.5 Å². The monoisotopic (exact) mass is 290 g/mol. The highest BCUT2D eigenvalue weighted by molar-refractivity contribution is 5.79. The molecule has 0 radical (unpaired) electrons. The van der Waals surface area contributed by atoms with Gasteiger partial charge in [0.15, 0.2) is 0 Å². The van der Waals surface area contributed by atoms with E-state index in [-0.39, 0.29) is 17.9 Å². The highest BCUT2D eigenvalue weighted by atomic mass is 16.5. The van der Waals surface area contributed by atoms with Crippen LogP contribution in [0.25, 0.3) is 0 Å². The van der Waals surface area contributed by atoms with Gasteiger partial charge in [0.05, 0.1) is 24.8 Å². The summed E-state index contributed by atoms with van der Waals surface area (Å²) >= 11 is 0. The molecule has 3 rings (SSSR count). The number of ether oxygens (including phenoxy) is 1. The molecule has 5 heteroatoms. The second kappa shape index (κ2) is 6.45. The summed E-state index contributed by atoms with van der Waals surface area (Å²) in [4.78, 5) is 14.7. The van der Waals surface area contributed by atoms with Gasteiger partial charge in [-0.15, -0.1) is 6.58 Å². The molecular formula is C16H22N2O3. The minimum absolute atomic E-state index is 0.0285. The third-order valence-electron chi connectivity index (χ3n) is 4.37. The van der Waals surface area contributed by atoms with Crippen LogP contribution < -0.4 is 5.32 Å². The third kappa shape index (κ3) is 3.19. The number of likely N-dealkylation sites (tertiary alicyclic amines) is 1. The second-order valence-corrected chi connectivity index (χ2v) is 5.74. The predicted molar refractivity (Wildman–Crippen MR) is 78.6 cm³/mol. The lowest BCUT2D eigenvalue weighted by atomic mass is 9.89. The smallest absolute Gasteiger partial charge is 0.224 e. The number of piperidine rings is 1. The number of carbonyl (C=O) groups excluding carboxylic acids is 1. The van der Waals surface area contributed by atoms with Gasteiger partial charge < -0.3 is 14.5 Å². The van der Waals surface area contributed by atoms with Gasteiger partial charge in [-0.2, -0.15) is 0 Å². The van der Waals surface area contributed by atoms with E-state index in [4.69, 9.17) is 9.15 Å². The summed E-state index contributed by atoms with van der Waals surface area (Å²) < 4.78 is 11.0. The first kappa shape index (κ1) is 14.4. The first-order valence-electron chi connectivity index (χ1n) is 7.54. The molecule has 0 bridgehead atoms. The van der Waals surface area contributed by atoms with Crippen molar-refractivity contribution >= 4 is 5.91 Å². The minimum Gasteiger partial charge on any atom is -0.467 e. The lowest BCUT2D eigenvalue weighted by Gasteiger charge is -2.39. The summed E-state index contributed by atoms with van der Waals surface area (Å²) in [6.07, 6.45) is 5.56. The van der Waals surface area contributed by atoms with E-state index in [9.17, 15) is 4.79 Å². The molecule has 0 aromatic carbocycles. The van der Waals surface area contributed by atoms with Crippen LogP contribution in [0.2, 0.25) is 0 Å². The van der Waals surface area contributed by atoms with Crippen LogP contribution in [0.3, 0.4) is 0 Å². The van der Waals surface area contributed by atoms with Crippen molar-refractivity contribution in [3.63, 3.8) is 0 Å². The Morgan fingerprint density at radius 2 is 2.48 bits per heavy atom. The second-order valence-electron chi connectivity index (χ2n) is 5.74. The number of carbonyl (C=O) groups is 1. The van der Waals surface area contributed by atoms with Crippen LogP contribution in [0.5, 0.6) is 0 Å². The van der Waals surface area contributed by atoms with Gasteiger partial charge in [0.1, 0.15) is 5.76 Å². The fourth-order valence-corrected chi connectivity index (χ4v) is 3.35. The topological polar surface area (TPSA) is 54.7 Å². The molecule has 114 valence electrons. The first-order chi connectivity index (χ1) is 10.3. The molecule has 0 aliphatic carbocycles. The van der Waals surface area contributed by atoms with Crippen molar-refractivity contribution < 1.29 is 13.9 Å². The minimum atomic E-state index is -0.0285. The fourth-order valence-electron chi connectivity index (χ4n) is 3.35. The molecule has 3 heterocycles. The molecule has 2 aliphatic heterocycles. The number of nitrogens with one attached hydrogen (secondary N) is 1. The van der Waals surface area contributed by atoms with Crippen LogP contribution in [-0.4, -0.2) is 42.6 Å². The Hall–Kier alpha value is -1.59. The van der Waals surface area contributed by atoms with Crippen LogP contribution in [0.1, 0.15) is 18.6 Å². The molecule has 1 N–H and O–H groups in total. The molecule has 21 heavy (non-hydrogen) atoms. The van der Waals surface area contributed by atoms with Crippen LogP contribution in [0.15, 0.2) is 35.5 Å². The largest absolute Gasteiger partial charge is 0.467 e. The van der Waals surface area contributed by atoms with Gasteiger partial charge in [0, 0.05) is 25.7 Å². The first-order valence-corrected chi connectivity index (χ1v) is 7.54. The molecule has 0 saturated carbocycles. The van der Waals surface area contributed by atoms with Crippen LogP contribution in [-0.2, 0) is 16.1 Å². The summed E-state index contributed by atoms with van der Waals surface area (Å²) in [6, 6.07) is 4.13. The Balaban J connectivity index is 1.59. The molecule has 2 fully saturated rings. The van der Waals surface area contributed by atoms with Gasteiger partial charge in [-0.1, -0.05) is 6.08 Å². The Morgan fingerprint density at radius 3 is 3.24 bits per heavy atom. The van der Waals surface area contributed by atoms with Crippen LogP contribution in [0, 0.1) is 5.92 Å². The Labute approximate surface area is 124 Å². The normalized spacial score (nSPS) is 29.0. The molecule has 2 saturated heterocycles. The van der Waals surface area contributed by atoms with Crippen molar-refractivity contribution in [3.05, 3.63) is 36.8 Å². The fraction of sp³-hybridized carbons (Fsp3) is 0.562. The average Bonchev–Trinajstić information content (AvgIpc) is 3.16. The quantitative estimate of drug-likeness (QED) is 0.836. The van der Waals surface area contributed by atoms with E-state index in [0.717, 1.165) is 38.3 Å². The Bertz CT molecular complexity index is 486. The molecule has 2 aliphatic rings. The average molecular weight is 290 g/mol. The number of hydrogen-bond acceptors (Lipinski definition) is 4. The zero-order valence-electron chi connectivity index (χ0n) is 12.2. The maximum absolute atomic E-state index is 12.4. The predicted octanol–water partition coefficient (Wildman–Crippen LogP) is 1.56. The summed E-state index contributed by atoms with van der Waals surface area (Å²) in [5.74, 6) is 0.825. The van der Waals surface area contributed by atoms with Gasteiger partial charge in [-0.05, 0) is 25.0 Å². The van der Waals surface area contributed by atoms with E-state index in [1.54, 1.807) is 6.26 Å².